The number of nitrogens with zero attached hydrogens (tertiary/aromatic N) is 2. The molecule has 1 amide bonds. The maximum absolute atomic E-state index is 12.2. The number of hydrogen-bond acceptors (Lipinski definition) is 7. The van der Waals surface area contributed by atoms with E-state index in [4.69, 9.17) is 9.84 Å². The average Bonchev–Trinajstić information content (AvgIpc) is 2.84. The Bertz CT molecular complexity index is 726. The molecule has 0 unspecified atom stereocenters. The number of carbonyl (C=O) groups is 1. The van der Waals surface area contributed by atoms with Crippen molar-refractivity contribution in [1.82, 2.24) is 5.32 Å². The Balaban J connectivity index is 1.97. The molecule has 35 heavy (non-hydrogen) atoms. The molecule has 2 N–H and O–H groups in total. The molecule has 0 aliphatic carbocycles. The predicted octanol–water partition coefficient (Wildman–Crippen LogP) is 5.70. The molecular weight excluding hydrogens is 454 g/mol. The van der Waals surface area contributed by atoms with Crippen molar-refractivity contribution in [3.05, 3.63) is 44.0 Å². The number of non-ortho nitro benzene ring substituents is 2. The lowest BCUT2D eigenvalue weighted by Gasteiger charge is -2.06. The molecule has 1 aromatic carbocycles. The summed E-state index contributed by atoms with van der Waals surface area (Å²) in [5.74, 6) is -0.546. The van der Waals surface area contributed by atoms with Gasteiger partial charge in [0, 0.05) is 38.5 Å². The monoisotopic (exact) mass is 495 g/mol. The van der Waals surface area contributed by atoms with Crippen molar-refractivity contribution >= 4 is 17.3 Å². The van der Waals surface area contributed by atoms with Crippen LogP contribution in [-0.2, 0) is 4.74 Å². The van der Waals surface area contributed by atoms with Gasteiger partial charge in [0.2, 0.25) is 0 Å². The van der Waals surface area contributed by atoms with Crippen molar-refractivity contribution in [2.75, 3.05) is 26.4 Å². The zero-order valence-corrected chi connectivity index (χ0v) is 20.8. The zero-order chi connectivity index (χ0) is 25.7. The molecule has 0 saturated heterocycles. The first-order valence-corrected chi connectivity index (χ1v) is 12.9. The molecule has 0 aliphatic heterocycles. The summed E-state index contributed by atoms with van der Waals surface area (Å²) in [4.78, 5) is 32.6. The van der Waals surface area contributed by atoms with E-state index in [1.165, 1.54) is 25.7 Å². The van der Waals surface area contributed by atoms with Crippen molar-refractivity contribution in [1.29, 1.82) is 0 Å². The number of nitro benzene ring substituents is 2. The SMILES string of the molecule is O=C(NCCCCCCCCCOCCCCCCCCCO)c1cc([N+](=O)[O-])cc([N+](=O)[O-])c1. The van der Waals surface area contributed by atoms with E-state index in [0.717, 1.165) is 95.6 Å². The van der Waals surface area contributed by atoms with E-state index in [1.807, 2.05) is 0 Å². The van der Waals surface area contributed by atoms with Crippen LogP contribution in [0.15, 0.2) is 18.2 Å². The molecule has 10 nitrogen and oxygen atoms in total. The summed E-state index contributed by atoms with van der Waals surface area (Å²) < 4.78 is 5.69. The highest BCUT2D eigenvalue weighted by Gasteiger charge is 2.19. The van der Waals surface area contributed by atoms with Crippen LogP contribution in [0.5, 0.6) is 0 Å². The lowest BCUT2D eigenvalue weighted by Crippen LogP contribution is -2.24. The van der Waals surface area contributed by atoms with Crippen LogP contribution < -0.4 is 5.32 Å². The van der Waals surface area contributed by atoms with E-state index in [0.29, 0.717) is 13.2 Å². The van der Waals surface area contributed by atoms with Crippen LogP contribution in [-0.4, -0.2) is 47.2 Å². The van der Waals surface area contributed by atoms with Gasteiger partial charge >= 0.3 is 0 Å². The number of ether oxygens (including phenoxy) is 1. The van der Waals surface area contributed by atoms with Gasteiger partial charge in [-0.2, -0.15) is 0 Å². The maximum atomic E-state index is 12.2. The minimum Gasteiger partial charge on any atom is -0.396 e. The Morgan fingerprint density at radius 2 is 1.14 bits per heavy atom. The number of aliphatic hydroxyl groups excluding tert-OH is 1. The highest BCUT2D eigenvalue weighted by molar-refractivity contribution is 5.95. The number of unbranched alkanes of at least 4 members (excludes halogenated alkanes) is 12. The third kappa shape index (κ3) is 15.1. The summed E-state index contributed by atoms with van der Waals surface area (Å²) in [7, 11) is 0. The molecular formula is C25H41N3O7. The second kappa shape index (κ2) is 19.7. The molecule has 1 rings (SSSR count). The summed E-state index contributed by atoms with van der Waals surface area (Å²) in [5, 5.41) is 33.3. The molecule has 198 valence electrons. The van der Waals surface area contributed by atoms with Gasteiger partial charge in [-0.15, -0.1) is 0 Å². The van der Waals surface area contributed by atoms with E-state index in [2.05, 4.69) is 5.32 Å². The molecule has 0 saturated carbocycles. The highest BCUT2D eigenvalue weighted by atomic mass is 16.6. The van der Waals surface area contributed by atoms with Crippen molar-refractivity contribution in [2.24, 2.45) is 0 Å². The van der Waals surface area contributed by atoms with Crippen LogP contribution in [0.2, 0.25) is 0 Å². The van der Waals surface area contributed by atoms with Crippen LogP contribution >= 0.6 is 0 Å². The summed E-state index contributed by atoms with van der Waals surface area (Å²) in [6.45, 7) is 2.38. The van der Waals surface area contributed by atoms with Crippen molar-refractivity contribution in [3.8, 4) is 0 Å². The Hall–Kier alpha value is -2.59. The van der Waals surface area contributed by atoms with Crippen LogP contribution in [0.25, 0.3) is 0 Å². The molecule has 1 aromatic rings. The lowest BCUT2D eigenvalue weighted by atomic mass is 10.1. The van der Waals surface area contributed by atoms with Crippen LogP contribution in [0.4, 0.5) is 11.4 Å². The van der Waals surface area contributed by atoms with E-state index < -0.39 is 27.1 Å². The van der Waals surface area contributed by atoms with Gasteiger partial charge in [-0.05, 0) is 25.7 Å². The average molecular weight is 496 g/mol. The highest BCUT2D eigenvalue weighted by Crippen LogP contribution is 2.22. The largest absolute Gasteiger partial charge is 0.396 e. The first-order valence-electron chi connectivity index (χ1n) is 12.9. The van der Waals surface area contributed by atoms with Crippen molar-refractivity contribution in [2.45, 2.75) is 89.9 Å². The van der Waals surface area contributed by atoms with Crippen molar-refractivity contribution in [3.63, 3.8) is 0 Å². The maximum Gasteiger partial charge on any atom is 0.277 e. The fourth-order valence-electron chi connectivity index (χ4n) is 3.76. The Morgan fingerprint density at radius 3 is 1.60 bits per heavy atom. The van der Waals surface area contributed by atoms with Crippen LogP contribution in [0.3, 0.4) is 0 Å². The Labute approximate surface area is 207 Å². The molecule has 10 heteroatoms. The third-order valence-electron chi connectivity index (χ3n) is 5.78. The normalized spacial score (nSPS) is 10.9. The second-order valence-electron chi connectivity index (χ2n) is 8.79. The summed E-state index contributed by atoms with van der Waals surface area (Å²) in [5.41, 5.74) is -1.03. The minimum atomic E-state index is -0.749. The van der Waals surface area contributed by atoms with Gasteiger partial charge in [-0.1, -0.05) is 64.2 Å². The molecule has 0 bridgehead atoms. The third-order valence-corrected chi connectivity index (χ3v) is 5.78. The summed E-state index contributed by atoms with van der Waals surface area (Å²) >= 11 is 0. The fraction of sp³-hybridized carbons (Fsp3) is 0.720. The minimum absolute atomic E-state index is 0.0811. The molecule has 0 atom stereocenters. The smallest absolute Gasteiger partial charge is 0.277 e. The fourth-order valence-corrected chi connectivity index (χ4v) is 3.76. The predicted molar refractivity (Wildman–Crippen MR) is 135 cm³/mol. The lowest BCUT2D eigenvalue weighted by molar-refractivity contribution is -0.394. The van der Waals surface area contributed by atoms with Gasteiger partial charge in [0.15, 0.2) is 0 Å². The van der Waals surface area contributed by atoms with Gasteiger partial charge in [0.05, 0.1) is 21.5 Å². The number of nitro groups is 2. The van der Waals surface area contributed by atoms with Crippen LogP contribution in [0.1, 0.15) is 100 Å². The molecule has 0 aliphatic rings. The second-order valence-corrected chi connectivity index (χ2v) is 8.79. The Morgan fingerprint density at radius 1 is 0.714 bits per heavy atom. The molecule has 0 heterocycles. The molecule has 0 spiro atoms. The van der Waals surface area contributed by atoms with Gasteiger partial charge < -0.3 is 15.2 Å². The first-order chi connectivity index (χ1) is 17.0. The van der Waals surface area contributed by atoms with Gasteiger partial charge in [-0.25, -0.2) is 0 Å². The van der Waals surface area contributed by atoms with Crippen molar-refractivity contribution < 1.29 is 24.5 Å². The van der Waals surface area contributed by atoms with E-state index in [9.17, 15) is 25.0 Å². The summed E-state index contributed by atoms with van der Waals surface area (Å²) in [6.07, 6.45) is 15.4. The number of amides is 1. The van der Waals surface area contributed by atoms with Gasteiger partial charge in [0.1, 0.15) is 0 Å². The molecule has 0 fully saturated rings. The quantitative estimate of drug-likeness (QED) is 0.119. The number of hydrogen-bond donors (Lipinski definition) is 2. The molecule has 0 radical (unpaired) electrons. The van der Waals surface area contributed by atoms with Gasteiger partial charge in [-0.3, -0.25) is 25.0 Å². The Kier molecular flexibility index (Phi) is 17.1. The van der Waals surface area contributed by atoms with E-state index in [1.54, 1.807) is 0 Å². The van der Waals surface area contributed by atoms with Gasteiger partial charge in [0.25, 0.3) is 17.3 Å². The topological polar surface area (TPSA) is 145 Å². The number of carbonyl (C=O) groups excluding carboxylic acids is 1. The number of nitrogens with one attached hydrogen (secondary N) is 1. The first kappa shape index (κ1) is 30.4. The van der Waals surface area contributed by atoms with Crippen LogP contribution in [0, 0.1) is 20.2 Å². The molecule has 0 aromatic heterocycles. The van der Waals surface area contributed by atoms with E-state index >= 15 is 0 Å². The number of benzene rings is 1. The zero-order valence-electron chi connectivity index (χ0n) is 20.8. The number of rotatable bonds is 22. The standard InChI is InChI=1S/C25H41N3O7/c29-16-12-8-4-2-6-10-14-18-35-17-13-9-5-1-3-7-11-15-26-25(30)22-19-23(27(31)32)21-24(20-22)28(33)34/h19-21,29H,1-18H2,(H,26,30). The van der Waals surface area contributed by atoms with E-state index in [-0.39, 0.29) is 5.56 Å². The summed E-state index contributed by atoms with van der Waals surface area (Å²) in [6, 6.07) is 2.94. The number of aliphatic hydroxyl groups is 1.